The standard InChI is InChI=1S/C17H28N2/c1-5-17(2,3)19(4)16(12-18)15-8-6-7-14(11-15)13-9-10-13/h6-8,11,13,16H,5,9-10,12,18H2,1-4H3. The molecule has 0 heterocycles. The van der Waals surface area contributed by atoms with Crippen LogP contribution in [0.15, 0.2) is 24.3 Å². The maximum absolute atomic E-state index is 6.06. The predicted molar refractivity (Wildman–Crippen MR) is 82.3 cm³/mol. The van der Waals surface area contributed by atoms with Crippen LogP contribution < -0.4 is 5.73 Å². The molecule has 0 saturated heterocycles. The van der Waals surface area contributed by atoms with Crippen LogP contribution in [-0.4, -0.2) is 24.0 Å². The highest BCUT2D eigenvalue weighted by Gasteiger charge is 2.29. The van der Waals surface area contributed by atoms with Crippen molar-refractivity contribution in [3.63, 3.8) is 0 Å². The average Bonchev–Trinajstić information content (AvgIpc) is 3.24. The third kappa shape index (κ3) is 3.18. The molecule has 0 spiro atoms. The number of nitrogens with zero attached hydrogens (tertiary/aromatic N) is 1. The summed E-state index contributed by atoms with van der Waals surface area (Å²) >= 11 is 0. The van der Waals surface area contributed by atoms with Gasteiger partial charge in [-0.2, -0.15) is 0 Å². The number of hydrogen-bond acceptors (Lipinski definition) is 2. The van der Waals surface area contributed by atoms with Gasteiger partial charge in [0.15, 0.2) is 0 Å². The minimum Gasteiger partial charge on any atom is -0.329 e. The van der Waals surface area contributed by atoms with E-state index in [1.165, 1.54) is 24.0 Å². The van der Waals surface area contributed by atoms with Gasteiger partial charge in [0.25, 0.3) is 0 Å². The maximum atomic E-state index is 6.06. The molecule has 1 fully saturated rings. The smallest absolute Gasteiger partial charge is 0.0472 e. The van der Waals surface area contributed by atoms with Crippen molar-refractivity contribution in [2.45, 2.75) is 57.5 Å². The molecule has 0 aliphatic heterocycles. The molecule has 2 nitrogen and oxygen atoms in total. The first-order chi connectivity index (χ1) is 8.99. The summed E-state index contributed by atoms with van der Waals surface area (Å²) in [4.78, 5) is 2.43. The van der Waals surface area contributed by atoms with E-state index in [1.807, 2.05) is 0 Å². The summed E-state index contributed by atoms with van der Waals surface area (Å²) in [5.74, 6) is 0.808. The number of benzene rings is 1. The Bertz CT molecular complexity index is 421. The Labute approximate surface area is 118 Å². The lowest BCUT2D eigenvalue weighted by Crippen LogP contribution is -2.45. The lowest BCUT2D eigenvalue weighted by Gasteiger charge is -2.40. The second kappa shape index (κ2) is 5.64. The molecular weight excluding hydrogens is 232 g/mol. The van der Waals surface area contributed by atoms with Gasteiger partial charge in [-0.1, -0.05) is 31.2 Å². The van der Waals surface area contributed by atoms with Gasteiger partial charge in [0.1, 0.15) is 0 Å². The molecule has 1 aliphatic rings. The summed E-state index contributed by atoms with van der Waals surface area (Å²) in [5.41, 5.74) is 9.11. The van der Waals surface area contributed by atoms with E-state index in [9.17, 15) is 0 Å². The summed E-state index contributed by atoms with van der Waals surface area (Å²) in [7, 11) is 2.20. The Morgan fingerprint density at radius 3 is 2.58 bits per heavy atom. The van der Waals surface area contributed by atoms with Crippen molar-refractivity contribution in [2.75, 3.05) is 13.6 Å². The molecule has 0 bridgehead atoms. The number of rotatable bonds is 6. The number of hydrogen-bond donors (Lipinski definition) is 1. The van der Waals surface area contributed by atoms with Crippen LogP contribution in [0, 0.1) is 0 Å². The third-order valence-electron chi connectivity index (χ3n) is 4.86. The van der Waals surface area contributed by atoms with Gasteiger partial charge in [-0.25, -0.2) is 0 Å². The summed E-state index contributed by atoms with van der Waals surface area (Å²) in [6.07, 6.45) is 3.84. The van der Waals surface area contributed by atoms with Crippen molar-refractivity contribution >= 4 is 0 Å². The highest BCUT2D eigenvalue weighted by Crippen LogP contribution is 2.41. The fraction of sp³-hybridized carbons (Fsp3) is 0.647. The van der Waals surface area contributed by atoms with Gasteiger partial charge in [-0.05, 0) is 57.2 Å². The highest BCUT2D eigenvalue weighted by molar-refractivity contribution is 5.31. The van der Waals surface area contributed by atoms with Gasteiger partial charge in [0.05, 0.1) is 0 Å². The van der Waals surface area contributed by atoms with E-state index in [2.05, 4.69) is 57.0 Å². The maximum Gasteiger partial charge on any atom is 0.0472 e. The molecule has 2 rings (SSSR count). The quantitative estimate of drug-likeness (QED) is 0.845. The highest BCUT2D eigenvalue weighted by atomic mass is 15.2. The fourth-order valence-corrected chi connectivity index (χ4v) is 2.63. The molecule has 1 unspecified atom stereocenters. The Morgan fingerprint density at radius 2 is 2.05 bits per heavy atom. The van der Waals surface area contributed by atoms with Gasteiger partial charge >= 0.3 is 0 Å². The Kier molecular flexibility index (Phi) is 4.32. The van der Waals surface area contributed by atoms with E-state index >= 15 is 0 Å². The Morgan fingerprint density at radius 1 is 1.37 bits per heavy atom. The van der Waals surface area contributed by atoms with E-state index in [0.29, 0.717) is 12.6 Å². The zero-order valence-corrected chi connectivity index (χ0v) is 12.8. The lowest BCUT2D eigenvalue weighted by molar-refractivity contribution is 0.100. The predicted octanol–water partition coefficient (Wildman–Crippen LogP) is 3.68. The van der Waals surface area contributed by atoms with E-state index in [0.717, 1.165) is 12.3 Å². The minimum absolute atomic E-state index is 0.180. The Hall–Kier alpha value is -0.860. The monoisotopic (exact) mass is 260 g/mol. The van der Waals surface area contributed by atoms with E-state index in [-0.39, 0.29) is 5.54 Å². The molecule has 2 N–H and O–H groups in total. The van der Waals surface area contributed by atoms with Gasteiger partial charge in [-0.15, -0.1) is 0 Å². The van der Waals surface area contributed by atoms with Crippen molar-refractivity contribution in [2.24, 2.45) is 5.73 Å². The number of nitrogens with two attached hydrogens (primary N) is 1. The van der Waals surface area contributed by atoms with Crippen LogP contribution in [0.1, 0.15) is 63.1 Å². The molecule has 1 saturated carbocycles. The first-order valence-corrected chi connectivity index (χ1v) is 7.52. The summed E-state index contributed by atoms with van der Waals surface area (Å²) in [5, 5.41) is 0. The summed E-state index contributed by atoms with van der Waals surface area (Å²) in [6, 6.07) is 9.37. The first kappa shape index (κ1) is 14.5. The van der Waals surface area contributed by atoms with Crippen molar-refractivity contribution in [3.05, 3.63) is 35.4 Å². The normalized spacial score (nSPS) is 17.8. The third-order valence-corrected chi connectivity index (χ3v) is 4.86. The van der Waals surface area contributed by atoms with Crippen molar-refractivity contribution in [3.8, 4) is 0 Å². The van der Waals surface area contributed by atoms with Crippen molar-refractivity contribution in [1.29, 1.82) is 0 Å². The largest absolute Gasteiger partial charge is 0.329 e. The van der Waals surface area contributed by atoms with E-state index in [1.54, 1.807) is 0 Å². The van der Waals surface area contributed by atoms with E-state index < -0.39 is 0 Å². The lowest BCUT2D eigenvalue weighted by atomic mass is 9.93. The first-order valence-electron chi connectivity index (χ1n) is 7.52. The molecular formula is C17H28N2. The zero-order valence-electron chi connectivity index (χ0n) is 12.8. The van der Waals surface area contributed by atoms with Crippen LogP contribution >= 0.6 is 0 Å². The van der Waals surface area contributed by atoms with Crippen molar-refractivity contribution in [1.82, 2.24) is 4.90 Å². The van der Waals surface area contributed by atoms with Crippen molar-refractivity contribution < 1.29 is 0 Å². The topological polar surface area (TPSA) is 29.3 Å². The fourth-order valence-electron chi connectivity index (χ4n) is 2.63. The van der Waals surface area contributed by atoms with Gasteiger partial charge < -0.3 is 5.73 Å². The molecule has 0 aromatic heterocycles. The van der Waals surface area contributed by atoms with Crippen LogP contribution in [0.3, 0.4) is 0 Å². The van der Waals surface area contributed by atoms with Gasteiger partial charge in [0, 0.05) is 18.1 Å². The second-order valence-corrected chi connectivity index (χ2v) is 6.47. The molecule has 0 amide bonds. The molecule has 2 heteroatoms. The molecule has 0 radical (unpaired) electrons. The second-order valence-electron chi connectivity index (χ2n) is 6.47. The van der Waals surface area contributed by atoms with Crippen LogP contribution in [0.4, 0.5) is 0 Å². The minimum atomic E-state index is 0.180. The average molecular weight is 260 g/mol. The summed E-state index contributed by atoms with van der Waals surface area (Å²) in [6.45, 7) is 7.50. The van der Waals surface area contributed by atoms with Crippen LogP contribution in [0.5, 0.6) is 0 Å². The molecule has 1 aromatic rings. The van der Waals surface area contributed by atoms with Crippen LogP contribution in [0.25, 0.3) is 0 Å². The summed E-state index contributed by atoms with van der Waals surface area (Å²) < 4.78 is 0. The molecule has 19 heavy (non-hydrogen) atoms. The number of likely N-dealkylation sites (N-methyl/N-ethyl adjacent to an activating group) is 1. The molecule has 1 aliphatic carbocycles. The van der Waals surface area contributed by atoms with Crippen LogP contribution in [-0.2, 0) is 0 Å². The molecule has 1 atom stereocenters. The zero-order chi connectivity index (χ0) is 14.0. The molecule has 1 aromatic carbocycles. The SMILES string of the molecule is CCC(C)(C)N(C)C(CN)c1cccc(C2CC2)c1. The molecule has 106 valence electrons. The van der Waals surface area contributed by atoms with Gasteiger partial charge in [0.2, 0.25) is 0 Å². The van der Waals surface area contributed by atoms with E-state index in [4.69, 9.17) is 5.73 Å². The van der Waals surface area contributed by atoms with Crippen LogP contribution in [0.2, 0.25) is 0 Å². The Balaban J connectivity index is 2.23. The van der Waals surface area contributed by atoms with Gasteiger partial charge in [-0.3, -0.25) is 4.90 Å².